The van der Waals surface area contributed by atoms with Gasteiger partial charge in [0.15, 0.2) is 0 Å². The number of hydrogen-bond acceptors (Lipinski definition) is 2. The number of nitrogens with one attached hydrogen (secondary N) is 1. The molecule has 1 N–H and O–H groups in total. The highest BCUT2D eigenvalue weighted by molar-refractivity contribution is 5.74. The van der Waals surface area contributed by atoms with Gasteiger partial charge in [0.1, 0.15) is 0 Å². The van der Waals surface area contributed by atoms with Crippen molar-refractivity contribution >= 4 is 11.0 Å². The van der Waals surface area contributed by atoms with Gasteiger partial charge in [0.2, 0.25) is 0 Å². The lowest BCUT2D eigenvalue weighted by molar-refractivity contribution is -0.135. The highest BCUT2D eigenvalue weighted by atomic mass is 19.4. The Bertz CT molecular complexity index is 548. The van der Waals surface area contributed by atoms with Crippen molar-refractivity contribution in [2.45, 2.75) is 38.0 Å². The zero-order valence-corrected chi connectivity index (χ0v) is 11.3. The highest BCUT2D eigenvalue weighted by Crippen LogP contribution is 2.23. The number of benzene rings is 1. The first-order chi connectivity index (χ1) is 9.49. The van der Waals surface area contributed by atoms with E-state index in [0.717, 1.165) is 11.0 Å². The van der Waals surface area contributed by atoms with E-state index < -0.39 is 12.6 Å². The molecule has 1 atom stereocenters. The average molecular weight is 285 g/mol. The van der Waals surface area contributed by atoms with Crippen LogP contribution in [0.1, 0.15) is 19.3 Å². The molecular weight excluding hydrogens is 267 g/mol. The molecule has 3 nitrogen and oxygen atoms in total. The Morgan fingerprint density at radius 3 is 2.75 bits per heavy atom. The zero-order chi connectivity index (χ0) is 14.6. The molecule has 20 heavy (non-hydrogen) atoms. The van der Waals surface area contributed by atoms with E-state index in [1.165, 1.54) is 0 Å². The Hall–Kier alpha value is -1.56. The third-order valence-electron chi connectivity index (χ3n) is 3.37. The Balaban J connectivity index is 1.96. The van der Waals surface area contributed by atoms with Crippen LogP contribution in [0.5, 0.6) is 0 Å². The summed E-state index contributed by atoms with van der Waals surface area (Å²) in [6.07, 6.45) is -2.43. The number of nitrogens with zero attached hydrogens (tertiary/aromatic N) is 2. The normalized spacial score (nSPS) is 13.8. The summed E-state index contributed by atoms with van der Waals surface area (Å²) in [5.41, 5.74) is 1.90. The number of para-hydroxylation sites is 2. The quantitative estimate of drug-likeness (QED) is 0.882. The van der Waals surface area contributed by atoms with E-state index in [0.29, 0.717) is 13.0 Å². The molecule has 2 rings (SSSR count). The zero-order valence-electron chi connectivity index (χ0n) is 11.3. The molecule has 1 aromatic carbocycles. The largest absolute Gasteiger partial charge is 0.389 e. The van der Waals surface area contributed by atoms with Crippen LogP contribution in [0.3, 0.4) is 0 Å². The number of halogens is 3. The lowest BCUT2D eigenvalue weighted by atomic mass is 10.1. The molecule has 2 aromatic rings. The summed E-state index contributed by atoms with van der Waals surface area (Å²) in [7, 11) is 1.78. The summed E-state index contributed by atoms with van der Waals surface area (Å²) in [5.74, 6) is 0. The van der Waals surface area contributed by atoms with Crippen LogP contribution in [0, 0.1) is 0 Å². The summed E-state index contributed by atoms with van der Waals surface area (Å²) in [4.78, 5) is 4.28. The lowest BCUT2D eigenvalue weighted by Gasteiger charge is -2.17. The number of fused-ring (bicyclic) bond motifs is 1. The smallest absolute Gasteiger partial charge is 0.329 e. The SMILES string of the molecule is CNC(CCCC(F)(F)F)Cn1cnc2ccccc21. The lowest BCUT2D eigenvalue weighted by Crippen LogP contribution is -2.30. The van der Waals surface area contributed by atoms with Crippen LogP contribution in [-0.2, 0) is 6.54 Å². The van der Waals surface area contributed by atoms with E-state index >= 15 is 0 Å². The summed E-state index contributed by atoms with van der Waals surface area (Å²) in [5, 5.41) is 3.08. The van der Waals surface area contributed by atoms with E-state index in [9.17, 15) is 13.2 Å². The van der Waals surface area contributed by atoms with Gasteiger partial charge in [0.05, 0.1) is 17.4 Å². The molecule has 0 bridgehead atoms. The van der Waals surface area contributed by atoms with Crippen LogP contribution in [0.15, 0.2) is 30.6 Å². The van der Waals surface area contributed by atoms with Crippen molar-refractivity contribution in [2.24, 2.45) is 0 Å². The first kappa shape index (κ1) is 14.8. The summed E-state index contributed by atoms with van der Waals surface area (Å²) < 4.78 is 38.5. The number of likely N-dealkylation sites (N-methyl/N-ethyl adjacent to an activating group) is 1. The third kappa shape index (κ3) is 3.96. The topological polar surface area (TPSA) is 29.9 Å². The van der Waals surface area contributed by atoms with Gasteiger partial charge in [-0.1, -0.05) is 12.1 Å². The molecule has 1 unspecified atom stereocenters. The molecule has 0 saturated carbocycles. The number of imidazole rings is 1. The van der Waals surface area contributed by atoms with Gasteiger partial charge >= 0.3 is 6.18 Å². The molecule has 0 radical (unpaired) electrons. The summed E-state index contributed by atoms with van der Waals surface area (Å²) in [6, 6.07) is 7.74. The van der Waals surface area contributed by atoms with Gasteiger partial charge in [-0.15, -0.1) is 0 Å². The molecule has 0 fully saturated rings. The molecule has 0 amide bonds. The van der Waals surface area contributed by atoms with Gasteiger partial charge in [-0.25, -0.2) is 4.98 Å². The van der Waals surface area contributed by atoms with Gasteiger partial charge in [0.25, 0.3) is 0 Å². The van der Waals surface area contributed by atoms with Crippen LogP contribution in [0.25, 0.3) is 11.0 Å². The van der Waals surface area contributed by atoms with Gasteiger partial charge < -0.3 is 9.88 Å². The number of rotatable bonds is 6. The van der Waals surface area contributed by atoms with Gasteiger partial charge in [-0.3, -0.25) is 0 Å². The number of alkyl halides is 3. The maximum atomic E-state index is 12.2. The molecule has 1 heterocycles. The van der Waals surface area contributed by atoms with Gasteiger partial charge in [0, 0.05) is 19.0 Å². The minimum absolute atomic E-state index is 0.00922. The minimum Gasteiger partial charge on any atom is -0.329 e. The second kappa shape index (κ2) is 6.26. The molecule has 0 aliphatic heterocycles. The van der Waals surface area contributed by atoms with Crippen molar-refractivity contribution in [1.82, 2.24) is 14.9 Å². The molecule has 0 spiro atoms. The predicted molar refractivity (Wildman–Crippen MR) is 72.5 cm³/mol. The van der Waals surface area contributed by atoms with E-state index in [1.54, 1.807) is 13.4 Å². The van der Waals surface area contributed by atoms with E-state index in [-0.39, 0.29) is 12.5 Å². The fourth-order valence-corrected chi connectivity index (χ4v) is 2.27. The Labute approximate surface area is 115 Å². The minimum atomic E-state index is -4.07. The second-order valence-corrected chi connectivity index (χ2v) is 4.88. The van der Waals surface area contributed by atoms with E-state index in [4.69, 9.17) is 0 Å². The Morgan fingerprint density at radius 2 is 2.05 bits per heavy atom. The van der Waals surface area contributed by atoms with E-state index in [1.807, 2.05) is 28.8 Å². The number of aromatic nitrogens is 2. The van der Waals surface area contributed by atoms with Crippen molar-refractivity contribution in [3.63, 3.8) is 0 Å². The highest BCUT2D eigenvalue weighted by Gasteiger charge is 2.26. The number of hydrogen-bond donors (Lipinski definition) is 1. The van der Waals surface area contributed by atoms with Crippen molar-refractivity contribution in [3.8, 4) is 0 Å². The molecule has 0 aliphatic rings. The molecular formula is C14H18F3N3. The van der Waals surface area contributed by atoms with Crippen molar-refractivity contribution in [2.75, 3.05) is 7.05 Å². The fraction of sp³-hybridized carbons (Fsp3) is 0.500. The second-order valence-electron chi connectivity index (χ2n) is 4.88. The maximum absolute atomic E-state index is 12.2. The van der Waals surface area contributed by atoms with Crippen LogP contribution in [0.4, 0.5) is 13.2 Å². The monoisotopic (exact) mass is 285 g/mol. The first-order valence-electron chi connectivity index (χ1n) is 6.63. The standard InChI is InChI=1S/C14H18F3N3/c1-18-11(5-4-8-14(15,16)17)9-20-10-19-12-6-2-3-7-13(12)20/h2-3,6-7,10-11,18H,4-5,8-9H2,1H3. The van der Waals surface area contributed by atoms with Crippen LogP contribution in [0.2, 0.25) is 0 Å². The predicted octanol–water partition coefficient (Wildman–Crippen LogP) is 3.36. The van der Waals surface area contributed by atoms with E-state index in [2.05, 4.69) is 10.3 Å². The molecule has 1 aromatic heterocycles. The van der Waals surface area contributed by atoms with Gasteiger partial charge in [-0.2, -0.15) is 13.2 Å². The van der Waals surface area contributed by atoms with Crippen molar-refractivity contribution in [3.05, 3.63) is 30.6 Å². The van der Waals surface area contributed by atoms with Gasteiger partial charge in [-0.05, 0) is 32.0 Å². The Kier molecular flexibility index (Phi) is 4.65. The van der Waals surface area contributed by atoms with Crippen molar-refractivity contribution in [1.29, 1.82) is 0 Å². The Morgan fingerprint density at radius 1 is 1.30 bits per heavy atom. The van der Waals surface area contributed by atoms with Crippen LogP contribution >= 0.6 is 0 Å². The maximum Gasteiger partial charge on any atom is 0.389 e. The molecule has 110 valence electrons. The average Bonchev–Trinajstić information content (AvgIpc) is 2.79. The third-order valence-corrected chi connectivity index (χ3v) is 3.37. The van der Waals surface area contributed by atoms with Crippen LogP contribution in [-0.4, -0.2) is 28.8 Å². The molecule has 0 aliphatic carbocycles. The first-order valence-corrected chi connectivity index (χ1v) is 6.63. The van der Waals surface area contributed by atoms with Crippen LogP contribution < -0.4 is 5.32 Å². The summed E-state index contributed by atoms with van der Waals surface area (Å²) in [6.45, 7) is 0.620. The molecule has 6 heteroatoms. The molecule has 0 saturated heterocycles. The fourth-order valence-electron chi connectivity index (χ4n) is 2.27. The van der Waals surface area contributed by atoms with Crippen molar-refractivity contribution < 1.29 is 13.2 Å². The summed E-state index contributed by atoms with van der Waals surface area (Å²) >= 11 is 0.